The molecule has 2 aromatic carbocycles. The van der Waals surface area contributed by atoms with Crippen LogP contribution in [0, 0.1) is 5.82 Å². The molecule has 1 saturated heterocycles. The first kappa shape index (κ1) is 23.0. The Kier molecular flexibility index (Phi) is 6.80. The number of amides is 1. The van der Waals surface area contributed by atoms with Crippen molar-refractivity contribution in [3.05, 3.63) is 66.2 Å². The molecule has 0 aliphatic carbocycles. The number of furan rings is 1. The molecular formula is C24H25FN2O5S. The molecule has 0 bridgehead atoms. The number of hydrogen-bond donors (Lipinski definition) is 1. The molecule has 1 amide bonds. The molecule has 1 fully saturated rings. The Bertz CT molecular complexity index is 1230. The highest BCUT2D eigenvalue weighted by Crippen LogP contribution is 2.31. The summed E-state index contributed by atoms with van der Waals surface area (Å²) in [6, 6.07) is 13.2. The Hall–Kier alpha value is -3.17. The summed E-state index contributed by atoms with van der Waals surface area (Å²) in [5.41, 5.74) is 0.844. The van der Waals surface area contributed by atoms with E-state index in [2.05, 4.69) is 5.32 Å². The van der Waals surface area contributed by atoms with Crippen LogP contribution in [0.3, 0.4) is 0 Å². The van der Waals surface area contributed by atoms with Gasteiger partial charge in [0.1, 0.15) is 17.3 Å². The fourth-order valence-electron chi connectivity index (χ4n) is 3.79. The predicted octanol–water partition coefficient (Wildman–Crippen LogP) is 4.91. The number of ether oxygens (including phenoxy) is 1. The van der Waals surface area contributed by atoms with Gasteiger partial charge < -0.3 is 14.5 Å². The monoisotopic (exact) mass is 472 g/mol. The van der Waals surface area contributed by atoms with Crippen LogP contribution in [0.25, 0.3) is 11.3 Å². The van der Waals surface area contributed by atoms with Gasteiger partial charge in [-0.05, 0) is 67.4 Å². The van der Waals surface area contributed by atoms with Gasteiger partial charge in [-0.1, -0.05) is 12.8 Å². The molecule has 7 nitrogen and oxygen atoms in total. The zero-order valence-corrected chi connectivity index (χ0v) is 19.0. The molecule has 1 N–H and O–H groups in total. The molecule has 4 rings (SSSR count). The molecule has 2 heterocycles. The maximum Gasteiger partial charge on any atom is 0.291 e. The predicted molar refractivity (Wildman–Crippen MR) is 122 cm³/mol. The fraction of sp³-hybridized carbons (Fsp3) is 0.292. The van der Waals surface area contributed by atoms with E-state index in [9.17, 15) is 17.6 Å². The van der Waals surface area contributed by atoms with Gasteiger partial charge in [0.25, 0.3) is 5.91 Å². The van der Waals surface area contributed by atoms with Gasteiger partial charge in [0.05, 0.1) is 17.7 Å². The Morgan fingerprint density at radius 1 is 1.00 bits per heavy atom. The van der Waals surface area contributed by atoms with E-state index in [1.807, 2.05) is 0 Å². The van der Waals surface area contributed by atoms with E-state index in [0.29, 0.717) is 30.2 Å². The number of hydrogen-bond acceptors (Lipinski definition) is 5. The minimum atomic E-state index is -3.70. The molecule has 33 heavy (non-hydrogen) atoms. The Balaban J connectivity index is 1.57. The summed E-state index contributed by atoms with van der Waals surface area (Å²) >= 11 is 0. The van der Waals surface area contributed by atoms with Gasteiger partial charge in [-0.3, -0.25) is 4.79 Å². The maximum atomic E-state index is 13.2. The van der Waals surface area contributed by atoms with Crippen molar-refractivity contribution in [3.8, 4) is 17.1 Å². The second-order valence-corrected chi connectivity index (χ2v) is 9.74. The molecule has 9 heteroatoms. The first-order chi connectivity index (χ1) is 15.9. The zero-order chi connectivity index (χ0) is 23.4. The standard InChI is InChI=1S/C24H25FN2O5S/c1-31-22-11-10-19(33(29,30)27-14-4-2-3-5-15-27)16-20(22)26-24(28)23-13-12-21(32-23)17-6-8-18(25)9-7-17/h6-13,16H,2-5,14-15H2,1H3,(H,26,28). The van der Waals surface area contributed by atoms with Crippen molar-refractivity contribution in [2.45, 2.75) is 30.6 Å². The van der Waals surface area contributed by atoms with Gasteiger partial charge >= 0.3 is 0 Å². The van der Waals surface area contributed by atoms with Crippen LogP contribution in [-0.2, 0) is 10.0 Å². The van der Waals surface area contributed by atoms with Crippen molar-refractivity contribution < 1.29 is 26.8 Å². The van der Waals surface area contributed by atoms with Crippen molar-refractivity contribution in [3.63, 3.8) is 0 Å². The van der Waals surface area contributed by atoms with Gasteiger partial charge in [-0.2, -0.15) is 4.31 Å². The minimum absolute atomic E-state index is 0.0251. The summed E-state index contributed by atoms with van der Waals surface area (Å²) in [5, 5.41) is 2.68. The second kappa shape index (κ2) is 9.76. The smallest absolute Gasteiger partial charge is 0.291 e. The molecule has 0 atom stereocenters. The number of nitrogens with one attached hydrogen (secondary N) is 1. The minimum Gasteiger partial charge on any atom is -0.495 e. The van der Waals surface area contributed by atoms with Crippen LogP contribution >= 0.6 is 0 Å². The summed E-state index contributed by atoms with van der Waals surface area (Å²) in [6.45, 7) is 0.962. The van der Waals surface area contributed by atoms with E-state index in [0.717, 1.165) is 25.7 Å². The lowest BCUT2D eigenvalue weighted by Crippen LogP contribution is -2.32. The molecule has 174 valence electrons. The lowest BCUT2D eigenvalue weighted by atomic mass is 10.2. The van der Waals surface area contributed by atoms with Crippen molar-refractivity contribution >= 4 is 21.6 Å². The second-order valence-electron chi connectivity index (χ2n) is 7.81. The molecule has 1 aliphatic heterocycles. The van der Waals surface area contributed by atoms with Crippen molar-refractivity contribution in [2.24, 2.45) is 0 Å². The fourth-order valence-corrected chi connectivity index (χ4v) is 5.33. The Labute approximate surface area is 192 Å². The summed E-state index contributed by atoms with van der Waals surface area (Å²) in [7, 11) is -2.26. The van der Waals surface area contributed by atoms with Crippen LogP contribution in [-0.4, -0.2) is 38.8 Å². The maximum absolute atomic E-state index is 13.2. The highest BCUT2D eigenvalue weighted by Gasteiger charge is 2.26. The molecular weight excluding hydrogens is 447 g/mol. The van der Waals surface area contributed by atoms with Crippen molar-refractivity contribution in [1.82, 2.24) is 4.31 Å². The SMILES string of the molecule is COc1ccc(S(=O)(=O)N2CCCCCC2)cc1NC(=O)c1ccc(-c2ccc(F)cc2)o1. The summed E-state index contributed by atoms with van der Waals surface area (Å²) < 4.78 is 51.9. The Morgan fingerprint density at radius 3 is 2.36 bits per heavy atom. The summed E-state index contributed by atoms with van der Waals surface area (Å²) in [5.74, 6) is -0.179. The normalized spacial score (nSPS) is 15.1. The number of rotatable bonds is 6. The van der Waals surface area contributed by atoms with Crippen LogP contribution in [0.4, 0.5) is 10.1 Å². The van der Waals surface area contributed by atoms with Crippen LogP contribution in [0.15, 0.2) is 63.9 Å². The van der Waals surface area contributed by atoms with Crippen molar-refractivity contribution in [2.75, 3.05) is 25.5 Å². The van der Waals surface area contributed by atoms with Gasteiger partial charge in [-0.15, -0.1) is 0 Å². The summed E-state index contributed by atoms with van der Waals surface area (Å²) in [4.78, 5) is 12.9. The molecule has 1 aromatic heterocycles. The van der Waals surface area contributed by atoms with E-state index in [-0.39, 0.29) is 22.2 Å². The number of carbonyl (C=O) groups is 1. The molecule has 0 radical (unpaired) electrons. The molecule has 3 aromatic rings. The average Bonchev–Trinajstić information content (AvgIpc) is 3.14. The van der Waals surface area contributed by atoms with E-state index in [4.69, 9.17) is 9.15 Å². The number of sulfonamides is 1. The highest BCUT2D eigenvalue weighted by atomic mass is 32.2. The number of benzene rings is 2. The first-order valence-corrected chi connectivity index (χ1v) is 12.2. The third-order valence-electron chi connectivity index (χ3n) is 5.58. The van der Waals surface area contributed by atoms with Gasteiger partial charge in [0.2, 0.25) is 10.0 Å². The van der Waals surface area contributed by atoms with Gasteiger partial charge in [0.15, 0.2) is 5.76 Å². The van der Waals surface area contributed by atoms with Gasteiger partial charge in [-0.25, -0.2) is 12.8 Å². The van der Waals surface area contributed by atoms with E-state index in [1.54, 1.807) is 18.2 Å². The van der Waals surface area contributed by atoms with Gasteiger partial charge in [0, 0.05) is 18.7 Å². The van der Waals surface area contributed by atoms with Crippen LogP contribution in [0.5, 0.6) is 5.75 Å². The molecule has 0 unspecified atom stereocenters. The zero-order valence-electron chi connectivity index (χ0n) is 18.2. The number of anilines is 1. The van der Waals surface area contributed by atoms with Crippen molar-refractivity contribution in [1.29, 1.82) is 0 Å². The third-order valence-corrected chi connectivity index (χ3v) is 7.48. The van der Waals surface area contributed by atoms with Crippen LogP contribution < -0.4 is 10.1 Å². The van der Waals surface area contributed by atoms with E-state index < -0.39 is 15.9 Å². The van der Waals surface area contributed by atoms with E-state index >= 15 is 0 Å². The number of nitrogens with zero attached hydrogens (tertiary/aromatic N) is 1. The van der Waals surface area contributed by atoms with E-state index in [1.165, 1.54) is 47.8 Å². The largest absolute Gasteiger partial charge is 0.495 e. The first-order valence-electron chi connectivity index (χ1n) is 10.7. The topological polar surface area (TPSA) is 88.9 Å². The van der Waals surface area contributed by atoms with Crippen LogP contribution in [0.2, 0.25) is 0 Å². The average molecular weight is 473 g/mol. The number of methoxy groups -OCH3 is 1. The van der Waals surface area contributed by atoms with Crippen LogP contribution in [0.1, 0.15) is 36.2 Å². The lowest BCUT2D eigenvalue weighted by molar-refractivity contribution is 0.0997. The molecule has 0 spiro atoms. The molecule has 0 saturated carbocycles. The highest BCUT2D eigenvalue weighted by molar-refractivity contribution is 7.89. The third kappa shape index (κ3) is 5.09. The Morgan fingerprint density at radius 2 is 1.70 bits per heavy atom. The molecule has 1 aliphatic rings. The summed E-state index contributed by atoms with van der Waals surface area (Å²) in [6.07, 6.45) is 3.68. The number of carbonyl (C=O) groups excluding carboxylic acids is 1. The quantitative estimate of drug-likeness (QED) is 0.551. The lowest BCUT2D eigenvalue weighted by Gasteiger charge is -2.21. The number of halogens is 1.